The summed E-state index contributed by atoms with van der Waals surface area (Å²) in [6.07, 6.45) is 5.25. The van der Waals surface area contributed by atoms with Crippen LogP contribution in [0.4, 0.5) is 5.00 Å². The number of nitrogens with zero attached hydrogens (tertiary/aromatic N) is 1. The largest absolute Gasteiger partial charge is 0.461 e. The first-order valence-electron chi connectivity index (χ1n) is 6.15. The van der Waals surface area contributed by atoms with Crippen molar-refractivity contribution in [2.45, 2.75) is 32.6 Å². The van der Waals surface area contributed by atoms with E-state index in [-0.39, 0.29) is 5.97 Å². The predicted octanol–water partition coefficient (Wildman–Crippen LogP) is 2.92. The lowest BCUT2D eigenvalue weighted by Crippen LogP contribution is -2.13. The molecule has 0 unspecified atom stereocenters. The summed E-state index contributed by atoms with van der Waals surface area (Å²) in [5.74, 6) is 0.412. The van der Waals surface area contributed by atoms with Gasteiger partial charge in [0.1, 0.15) is 5.00 Å². The highest BCUT2D eigenvalue weighted by Crippen LogP contribution is 2.27. The van der Waals surface area contributed by atoms with Crippen LogP contribution in [0.1, 0.15) is 43.1 Å². The molecule has 1 aliphatic carbocycles. The molecule has 1 aromatic rings. The summed E-state index contributed by atoms with van der Waals surface area (Å²) in [5, 5.41) is 4.17. The molecule has 1 fully saturated rings. The number of aromatic nitrogens is 1. The molecule has 2 rings (SSSR count). The number of thiazole rings is 1. The smallest absolute Gasteiger partial charge is 0.360 e. The van der Waals surface area contributed by atoms with Crippen molar-refractivity contribution in [1.82, 2.24) is 4.98 Å². The van der Waals surface area contributed by atoms with E-state index < -0.39 is 0 Å². The molecule has 0 aliphatic heterocycles. The van der Waals surface area contributed by atoms with Gasteiger partial charge in [0.2, 0.25) is 0 Å². The minimum absolute atomic E-state index is 0.331. The third-order valence-electron chi connectivity index (χ3n) is 3.06. The van der Waals surface area contributed by atoms with E-state index in [0.717, 1.165) is 17.5 Å². The second-order valence-corrected chi connectivity index (χ2v) is 5.14. The summed E-state index contributed by atoms with van der Waals surface area (Å²) in [5.41, 5.74) is 2.11. The Balaban J connectivity index is 1.91. The quantitative estimate of drug-likeness (QED) is 0.821. The van der Waals surface area contributed by atoms with Crippen LogP contribution in [0, 0.1) is 5.92 Å². The maximum absolute atomic E-state index is 11.6. The summed E-state index contributed by atoms with van der Waals surface area (Å²) in [6, 6.07) is 0. The number of hydrogen-bond donors (Lipinski definition) is 1. The average molecular weight is 254 g/mol. The van der Waals surface area contributed by atoms with Crippen LogP contribution >= 0.6 is 11.3 Å². The first kappa shape index (κ1) is 12.4. The van der Waals surface area contributed by atoms with Gasteiger partial charge in [-0.05, 0) is 25.7 Å². The first-order valence-corrected chi connectivity index (χ1v) is 7.03. The van der Waals surface area contributed by atoms with Gasteiger partial charge in [-0.15, -0.1) is 11.3 Å². The lowest BCUT2D eigenvalue weighted by molar-refractivity contribution is 0.0521. The highest BCUT2D eigenvalue weighted by atomic mass is 32.1. The molecular weight excluding hydrogens is 236 g/mol. The fourth-order valence-electron chi connectivity index (χ4n) is 2.17. The van der Waals surface area contributed by atoms with E-state index in [1.165, 1.54) is 37.0 Å². The van der Waals surface area contributed by atoms with Gasteiger partial charge in [-0.25, -0.2) is 9.78 Å². The van der Waals surface area contributed by atoms with Gasteiger partial charge in [0.15, 0.2) is 5.69 Å². The van der Waals surface area contributed by atoms with Crippen molar-refractivity contribution in [2.75, 3.05) is 18.5 Å². The van der Waals surface area contributed by atoms with Gasteiger partial charge in [0.05, 0.1) is 12.1 Å². The number of ether oxygens (including phenoxy) is 1. The molecule has 1 saturated carbocycles. The van der Waals surface area contributed by atoms with Gasteiger partial charge in [-0.1, -0.05) is 12.8 Å². The topological polar surface area (TPSA) is 51.2 Å². The Labute approximate surface area is 105 Å². The maximum atomic E-state index is 11.6. The third-order valence-corrected chi connectivity index (χ3v) is 3.85. The molecular formula is C12H18N2O2S. The van der Waals surface area contributed by atoms with E-state index in [0.29, 0.717) is 12.3 Å². The Morgan fingerprint density at radius 3 is 3.06 bits per heavy atom. The van der Waals surface area contributed by atoms with Crippen LogP contribution in [0.5, 0.6) is 0 Å². The van der Waals surface area contributed by atoms with Crippen LogP contribution in [-0.4, -0.2) is 24.1 Å². The van der Waals surface area contributed by atoms with E-state index in [4.69, 9.17) is 4.74 Å². The van der Waals surface area contributed by atoms with E-state index in [2.05, 4.69) is 10.3 Å². The number of carbonyl (C=O) groups excluding carboxylic acids is 1. The molecule has 4 nitrogen and oxygen atoms in total. The molecule has 1 heterocycles. The van der Waals surface area contributed by atoms with E-state index in [1.54, 1.807) is 12.4 Å². The number of anilines is 1. The maximum Gasteiger partial charge on any atom is 0.360 e. The Morgan fingerprint density at radius 1 is 1.59 bits per heavy atom. The summed E-state index contributed by atoms with van der Waals surface area (Å²) < 4.78 is 4.96. The van der Waals surface area contributed by atoms with Crippen LogP contribution in [0.3, 0.4) is 0 Å². The number of hydrogen-bond acceptors (Lipinski definition) is 5. The molecule has 0 atom stereocenters. The standard InChI is InChI=1S/C12H18N2O2S/c1-2-16-12(15)10-11(17-8-14-10)13-7-9-5-3-4-6-9/h8-9,13H,2-7H2,1H3. The predicted molar refractivity (Wildman–Crippen MR) is 68.5 cm³/mol. The minimum Gasteiger partial charge on any atom is -0.461 e. The fourth-order valence-corrected chi connectivity index (χ4v) is 2.85. The van der Waals surface area contributed by atoms with Gasteiger partial charge in [0, 0.05) is 6.54 Å². The summed E-state index contributed by atoms with van der Waals surface area (Å²) in [4.78, 5) is 15.7. The molecule has 1 aliphatic rings. The highest BCUT2D eigenvalue weighted by Gasteiger charge is 2.19. The zero-order chi connectivity index (χ0) is 12.1. The van der Waals surface area contributed by atoms with Gasteiger partial charge >= 0.3 is 5.97 Å². The number of nitrogens with one attached hydrogen (secondary N) is 1. The van der Waals surface area contributed by atoms with Crippen molar-refractivity contribution in [3.63, 3.8) is 0 Å². The highest BCUT2D eigenvalue weighted by molar-refractivity contribution is 7.14. The number of rotatable bonds is 5. The van der Waals surface area contributed by atoms with Gasteiger partial charge < -0.3 is 10.1 Å². The van der Waals surface area contributed by atoms with Crippen molar-refractivity contribution in [3.8, 4) is 0 Å². The van der Waals surface area contributed by atoms with E-state index in [9.17, 15) is 4.79 Å². The molecule has 1 N–H and O–H groups in total. The Hall–Kier alpha value is -1.10. The summed E-state index contributed by atoms with van der Waals surface area (Å²) in [7, 11) is 0. The molecule has 17 heavy (non-hydrogen) atoms. The van der Waals surface area contributed by atoms with Gasteiger partial charge in [0.25, 0.3) is 0 Å². The van der Waals surface area contributed by atoms with Gasteiger partial charge in [-0.3, -0.25) is 0 Å². The number of carbonyl (C=O) groups is 1. The van der Waals surface area contributed by atoms with Crippen LogP contribution < -0.4 is 5.32 Å². The Kier molecular flexibility index (Phi) is 4.36. The summed E-state index contributed by atoms with van der Waals surface area (Å²) in [6.45, 7) is 3.13. The molecule has 5 heteroatoms. The lowest BCUT2D eigenvalue weighted by Gasteiger charge is -2.10. The molecule has 0 spiro atoms. The lowest BCUT2D eigenvalue weighted by atomic mass is 10.1. The molecule has 0 saturated heterocycles. The van der Waals surface area contributed by atoms with Crippen LogP contribution in [0.15, 0.2) is 5.51 Å². The summed E-state index contributed by atoms with van der Waals surface area (Å²) >= 11 is 1.46. The van der Waals surface area contributed by atoms with Gasteiger partial charge in [-0.2, -0.15) is 0 Å². The van der Waals surface area contributed by atoms with Crippen LogP contribution in [0.25, 0.3) is 0 Å². The normalized spacial score (nSPS) is 16.1. The SMILES string of the molecule is CCOC(=O)c1ncsc1NCC1CCCC1. The molecule has 0 amide bonds. The molecule has 0 aromatic carbocycles. The molecule has 0 bridgehead atoms. The van der Waals surface area contributed by atoms with Crippen LogP contribution in [0.2, 0.25) is 0 Å². The minimum atomic E-state index is -0.331. The second kappa shape index (κ2) is 6.00. The van der Waals surface area contributed by atoms with Crippen molar-refractivity contribution in [3.05, 3.63) is 11.2 Å². The first-order chi connectivity index (χ1) is 8.31. The van der Waals surface area contributed by atoms with Crippen molar-refractivity contribution in [2.24, 2.45) is 5.92 Å². The fraction of sp³-hybridized carbons (Fsp3) is 0.667. The molecule has 94 valence electrons. The van der Waals surface area contributed by atoms with Crippen molar-refractivity contribution in [1.29, 1.82) is 0 Å². The molecule has 1 aromatic heterocycles. The molecule has 0 radical (unpaired) electrons. The van der Waals surface area contributed by atoms with Crippen molar-refractivity contribution < 1.29 is 9.53 Å². The Bertz CT molecular complexity index is 372. The zero-order valence-electron chi connectivity index (χ0n) is 10.1. The van der Waals surface area contributed by atoms with E-state index in [1.807, 2.05) is 0 Å². The Morgan fingerprint density at radius 2 is 2.35 bits per heavy atom. The zero-order valence-corrected chi connectivity index (χ0v) is 10.9. The van der Waals surface area contributed by atoms with Crippen molar-refractivity contribution >= 4 is 22.3 Å². The second-order valence-electron chi connectivity index (χ2n) is 4.28. The third kappa shape index (κ3) is 3.19. The number of esters is 1. The van der Waals surface area contributed by atoms with E-state index >= 15 is 0 Å². The average Bonchev–Trinajstić information content (AvgIpc) is 2.98. The van der Waals surface area contributed by atoms with Crippen LogP contribution in [-0.2, 0) is 4.74 Å². The monoisotopic (exact) mass is 254 g/mol.